The lowest BCUT2D eigenvalue weighted by Crippen LogP contribution is -2.03. The lowest BCUT2D eigenvalue weighted by Gasteiger charge is -2.04. The Morgan fingerprint density at radius 1 is 0.324 bits per heavy atom. The van der Waals surface area contributed by atoms with Gasteiger partial charge in [-0.2, -0.15) is 0 Å². The maximum Gasteiger partial charge on any atom is 0.0855 e. The molecule has 10 heteroatoms. The zero-order valence-corrected chi connectivity index (χ0v) is 23.5. The quantitative estimate of drug-likeness (QED) is 0.0481. The van der Waals surface area contributed by atoms with Crippen molar-refractivity contribution in [2.75, 3.05) is 6.61 Å². The standard InChI is InChI=1S/C27H56O10/c1-2-3-4-5-6-7-8-9-10-11-12-13-14-15-16-17-18-19-20-21-22-23-24-25-26-27-29-31-33-35-37-36-34-32-30-28/h28H,2-27H2,1H3. The Balaban J connectivity index is 3.00. The minimum atomic E-state index is 0.363. The minimum absolute atomic E-state index is 0.363. The van der Waals surface area contributed by atoms with Crippen LogP contribution >= 0.6 is 0 Å². The van der Waals surface area contributed by atoms with Crippen LogP contribution in [0.2, 0.25) is 0 Å². The van der Waals surface area contributed by atoms with E-state index in [1.54, 1.807) is 0 Å². The molecular formula is C27H56O10. The van der Waals surface area contributed by atoms with E-state index in [2.05, 4.69) is 47.2 Å². The molecule has 0 unspecified atom stereocenters. The highest BCUT2D eigenvalue weighted by Crippen LogP contribution is 2.15. The summed E-state index contributed by atoms with van der Waals surface area (Å²) in [4.78, 5) is 4.69. The molecule has 0 aromatic carbocycles. The molecule has 0 radical (unpaired) electrons. The smallest absolute Gasteiger partial charge is 0.0855 e. The average molecular weight is 541 g/mol. The van der Waals surface area contributed by atoms with E-state index < -0.39 is 0 Å². The summed E-state index contributed by atoms with van der Waals surface area (Å²) in [6.07, 6.45) is 34.1. The van der Waals surface area contributed by atoms with Gasteiger partial charge < -0.3 is 0 Å². The van der Waals surface area contributed by atoms with E-state index in [1.807, 2.05) is 0 Å². The molecule has 0 aliphatic carbocycles. The van der Waals surface area contributed by atoms with Crippen molar-refractivity contribution in [3.8, 4) is 0 Å². The van der Waals surface area contributed by atoms with Crippen molar-refractivity contribution >= 4 is 0 Å². The fourth-order valence-corrected chi connectivity index (χ4v) is 4.42. The van der Waals surface area contributed by atoms with Crippen LogP contribution in [0.25, 0.3) is 0 Å². The molecule has 0 aromatic heterocycles. The van der Waals surface area contributed by atoms with Crippen molar-refractivity contribution in [2.45, 2.75) is 167 Å². The second-order valence-electron chi connectivity index (χ2n) is 9.86. The number of hydrogen-bond donors (Lipinski definition) is 1. The summed E-state index contributed by atoms with van der Waals surface area (Å²) in [5.41, 5.74) is 0. The van der Waals surface area contributed by atoms with Crippen LogP contribution in [0.4, 0.5) is 0 Å². The van der Waals surface area contributed by atoms with Gasteiger partial charge in [0.25, 0.3) is 0 Å². The molecule has 0 aliphatic rings. The molecule has 0 aliphatic heterocycles. The fraction of sp³-hybridized carbons (Fsp3) is 1.00. The summed E-state index contributed by atoms with van der Waals surface area (Å²) in [6.45, 7) is 2.65. The van der Waals surface area contributed by atoms with Crippen LogP contribution in [0, 0.1) is 0 Å². The van der Waals surface area contributed by atoms with Crippen LogP contribution < -0.4 is 0 Å². The van der Waals surface area contributed by atoms with Crippen molar-refractivity contribution in [1.29, 1.82) is 0 Å². The Morgan fingerprint density at radius 3 is 0.919 bits per heavy atom. The topological polar surface area (TPSA) is 103 Å². The first-order chi connectivity index (χ1) is 18.4. The van der Waals surface area contributed by atoms with Gasteiger partial charge in [-0.3, -0.25) is 0 Å². The zero-order valence-electron chi connectivity index (χ0n) is 23.5. The normalized spacial score (nSPS) is 11.5. The molecule has 0 bridgehead atoms. The summed E-state index contributed by atoms with van der Waals surface area (Å²) in [6, 6.07) is 0. The molecule has 10 nitrogen and oxygen atoms in total. The van der Waals surface area contributed by atoms with Gasteiger partial charge in [0.05, 0.1) is 6.61 Å². The predicted octanol–water partition coefficient (Wildman–Crippen LogP) is 9.70. The first kappa shape index (κ1) is 36.6. The molecule has 0 saturated heterocycles. The Hall–Kier alpha value is -0.400. The summed E-state index contributed by atoms with van der Waals surface area (Å²) in [7, 11) is 0. The maximum atomic E-state index is 7.68. The second-order valence-corrected chi connectivity index (χ2v) is 9.86. The Bertz CT molecular complexity index is 356. The van der Waals surface area contributed by atoms with E-state index >= 15 is 0 Å². The molecule has 0 amide bonds. The number of rotatable bonds is 34. The third-order valence-electron chi connectivity index (χ3n) is 6.58. The Labute approximate surface area is 224 Å². The SMILES string of the molecule is CCCCCCCCCCCCCCCCCCCCCCCCCCCOOOOOOOOOO. The summed E-state index contributed by atoms with van der Waals surface area (Å²) in [5.74, 6) is 0. The van der Waals surface area contributed by atoms with E-state index in [9.17, 15) is 0 Å². The molecule has 1 N–H and O–H groups in total. The predicted molar refractivity (Wildman–Crippen MR) is 138 cm³/mol. The van der Waals surface area contributed by atoms with E-state index in [-0.39, 0.29) is 0 Å². The van der Waals surface area contributed by atoms with Gasteiger partial charge in [0.2, 0.25) is 0 Å². The van der Waals surface area contributed by atoms with E-state index in [0.717, 1.165) is 12.8 Å². The molecule has 0 atom stereocenters. The highest BCUT2D eigenvalue weighted by Gasteiger charge is 1.98. The van der Waals surface area contributed by atoms with Crippen molar-refractivity contribution in [3.63, 3.8) is 0 Å². The van der Waals surface area contributed by atoms with E-state index in [0.29, 0.717) is 6.61 Å². The third kappa shape index (κ3) is 35.6. The molecule has 0 saturated carbocycles. The largest absolute Gasteiger partial charge is 0.219 e. The van der Waals surface area contributed by atoms with Crippen LogP contribution in [-0.4, -0.2) is 11.9 Å². The molecule has 224 valence electrons. The van der Waals surface area contributed by atoms with Crippen LogP contribution in [0.3, 0.4) is 0 Å². The molecule has 0 aromatic rings. The lowest BCUT2D eigenvalue weighted by molar-refractivity contribution is -0.843. The van der Waals surface area contributed by atoms with Gasteiger partial charge in [0.15, 0.2) is 0 Å². The molecule has 0 spiro atoms. The van der Waals surface area contributed by atoms with Crippen LogP contribution in [-0.2, 0) is 45.2 Å². The molecule has 0 heterocycles. The van der Waals surface area contributed by atoms with Gasteiger partial charge in [-0.05, 0) is 46.7 Å². The summed E-state index contributed by atoms with van der Waals surface area (Å²) < 4.78 is 0. The molecule has 0 rings (SSSR count). The van der Waals surface area contributed by atoms with Crippen LogP contribution in [0.1, 0.15) is 167 Å². The van der Waals surface area contributed by atoms with Crippen LogP contribution in [0.15, 0.2) is 0 Å². The average Bonchev–Trinajstić information content (AvgIpc) is 2.91. The van der Waals surface area contributed by atoms with Crippen molar-refractivity contribution in [1.82, 2.24) is 0 Å². The second kappa shape index (κ2) is 35.6. The first-order valence-corrected chi connectivity index (χ1v) is 15.0. The van der Waals surface area contributed by atoms with Gasteiger partial charge in [-0.15, -0.1) is 0 Å². The van der Waals surface area contributed by atoms with Gasteiger partial charge in [-0.1, -0.05) is 161 Å². The Kier molecular flexibility index (Phi) is 35.2. The fourth-order valence-electron chi connectivity index (χ4n) is 4.42. The van der Waals surface area contributed by atoms with Gasteiger partial charge in [0.1, 0.15) is 0 Å². The van der Waals surface area contributed by atoms with Gasteiger partial charge in [0, 0.05) is 0 Å². The first-order valence-electron chi connectivity index (χ1n) is 15.0. The highest BCUT2D eigenvalue weighted by atomic mass is 17.9. The van der Waals surface area contributed by atoms with Gasteiger partial charge >= 0.3 is 0 Å². The van der Waals surface area contributed by atoms with Gasteiger partial charge in [-0.25, -0.2) is 10.1 Å². The Morgan fingerprint density at radius 2 is 0.595 bits per heavy atom. The van der Waals surface area contributed by atoms with Crippen molar-refractivity contribution < 1.29 is 50.5 Å². The maximum absolute atomic E-state index is 7.68. The van der Waals surface area contributed by atoms with Crippen molar-refractivity contribution in [2.24, 2.45) is 0 Å². The lowest BCUT2D eigenvalue weighted by atomic mass is 10.0. The summed E-state index contributed by atoms with van der Waals surface area (Å²) in [5, 5.41) is 37.0. The molecular weight excluding hydrogens is 484 g/mol. The molecule has 37 heavy (non-hydrogen) atoms. The monoisotopic (exact) mass is 540 g/mol. The van der Waals surface area contributed by atoms with E-state index in [1.165, 1.54) is 148 Å². The van der Waals surface area contributed by atoms with E-state index in [4.69, 9.17) is 10.1 Å². The van der Waals surface area contributed by atoms with Crippen molar-refractivity contribution in [3.05, 3.63) is 0 Å². The summed E-state index contributed by atoms with van der Waals surface area (Å²) >= 11 is 0. The van der Waals surface area contributed by atoms with Crippen LogP contribution in [0.5, 0.6) is 0 Å². The number of unbranched alkanes of at least 4 members (excludes halogenated alkanes) is 24. The highest BCUT2D eigenvalue weighted by molar-refractivity contribution is 4.51. The zero-order chi connectivity index (χ0) is 26.7. The number of hydrogen-bond acceptors (Lipinski definition) is 10. The third-order valence-corrected chi connectivity index (χ3v) is 6.58. The minimum Gasteiger partial charge on any atom is -0.219 e. The molecule has 0 fully saturated rings.